The number of carbonyl (C=O) groups is 1. The molecule has 2 aromatic carbocycles. The molecule has 0 fully saturated rings. The molecule has 0 aliphatic carbocycles. The number of fused-ring (bicyclic) bond motifs is 2. The quantitative estimate of drug-likeness (QED) is 0.580. The molecule has 1 aliphatic heterocycles. The first-order valence-electron chi connectivity index (χ1n) is 8.90. The van der Waals surface area contributed by atoms with E-state index in [4.69, 9.17) is 0 Å². The van der Waals surface area contributed by atoms with Crippen molar-refractivity contribution in [2.45, 2.75) is 13.5 Å². The average Bonchev–Trinajstić information content (AvgIpc) is 3.35. The van der Waals surface area contributed by atoms with Crippen molar-refractivity contribution in [3.05, 3.63) is 82.7 Å². The largest absolute Gasteiger partial charge is 0.322 e. The number of carbonyl (C=O) groups excluding carboxylic acids is 1. The van der Waals surface area contributed by atoms with E-state index in [9.17, 15) is 4.79 Å². The molecule has 1 amide bonds. The molecule has 7 heteroatoms. The molecule has 2 aromatic heterocycles. The van der Waals surface area contributed by atoms with Gasteiger partial charge in [0.1, 0.15) is 11.0 Å². The number of aryl methyl sites for hydroxylation is 1. The minimum atomic E-state index is -0.187. The lowest BCUT2D eigenvalue weighted by molar-refractivity contribution is 0.102. The number of pyridine rings is 1. The fourth-order valence-electron chi connectivity index (χ4n) is 3.47. The van der Waals surface area contributed by atoms with Crippen molar-refractivity contribution in [2.75, 3.05) is 5.32 Å². The maximum atomic E-state index is 12.8. The van der Waals surface area contributed by atoms with Gasteiger partial charge in [0, 0.05) is 34.8 Å². The maximum absolute atomic E-state index is 12.8. The molecular weight excluding hydrogens is 352 g/mol. The summed E-state index contributed by atoms with van der Waals surface area (Å²) in [6.07, 6.45) is 3.51. The molecule has 2 N–H and O–H groups in total. The van der Waals surface area contributed by atoms with Gasteiger partial charge in [-0.05, 0) is 54.4 Å². The Morgan fingerprint density at radius 2 is 1.93 bits per heavy atom. The van der Waals surface area contributed by atoms with Gasteiger partial charge in [-0.25, -0.2) is 0 Å². The fraction of sp³-hybridized carbons (Fsp3) is 0.0952. The zero-order valence-electron chi connectivity index (χ0n) is 15.1. The number of anilines is 1. The highest BCUT2D eigenvalue weighted by molar-refractivity contribution is 6.16. The number of hydrogen-bond donors (Lipinski definition) is 2. The van der Waals surface area contributed by atoms with E-state index in [1.807, 2.05) is 43.3 Å². The Bertz CT molecular complexity index is 1240. The Balaban J connectivity index is 1.45. The minimum absolute atomic E-state index is 0.187. The SMILES string of the molecule is Cc1cc(C(=O)Nc2ccc3c(c2)C(c2ccncc2)=NC3)cc2n[nH]nc12. The summed E-state index contributed by atoms with van der Waals surface area (Å²) in [6, 6.07) is 13.3. The number of aromatic amines is 1. The van der Waals surface area contributed by atoms with Gasteiger partial charge in [0.05, 0.1) is 12.3 Å². The van der Waals surface area contributed by atoms with E-state index in [1.165, 1.54) is 0 Å². The summed E-state index contributed by atoms with van der Waals surface area (Å²) in [5.74, 6) is -0.187. The van der Waals surface area contributed by atoms with Crippen LogP contribution >= 0.6 is 0 Å². The van der Waals surface area contributed by atoms with E-state index in [1.54, 1.807) is 18.5 Å². The molecule has 5 rings (SSSR count). The lowest BCUT2D eigenvalue weighted by atomic mass is 10.00. The van der Waals surface area contributed by atoms with E-state index >= 15 is 0 Å². The highest BCUT2D eigenvalue weighted by Gasteiger charge is 2.19. The summed E-state index contributed by atoms with van der Waals surface area (Å²) in [6.45, 7) is 2.55. The molecule has 7 nitrogen and oxygen atoms in total. The van der Waals surface area contributed by atoms with Gasteiger partial charge < -0.3 is 5.32 Å². The van der Waals surface area contributed by atoms with Crippen LogP contribution in [0.4, 0.5) is 5.69 Å². The zero-order valence-corrected chi connectivity index (χ0v) is 15.1. The van der Waals surface area contributed by atoms with E-state index in [0.717, 1.165) is 39.2 Å². The number of aliphatic imine (C=N–C) groups is 1. The molecule has 136 valence electrons. The van der Waals surface area contributed by atoms with Gasteiger partial charge >= 0.3 is 0 Å². The number of amides is 1. The number of aromatic nitrogens is 4. The second kappa shape index (κ2) is 6.38. The van der Waals surface area contributed by atoms with Crippen LogP contribution in [-0.4, -0.2) is 32.0 Å². The Hall–Kier alpha value is -3.87. The number of H-pyrrole nitrogens is 1. The lowest BCUT2D eigenvalue weighted by Crippen LogP contribution is -2.13. The molecule has 1 aliphatic rings. The van der Waals surface area contributed by atoms with E-state index in [2.05, 4.69) is 30.7 Å². The van der Waals surface area contributed by atoms with Gasteiger partial charge in [0.2, 0.25) is 0 Å². The number of hydrogen-bond acceptors (Lipinski definition) is 5. The monoisotopic (exact) mass is 368 g/mol. The molecule has 0 unspecified atom stereocenters. The van der Waals surface area contributed by atoms with Crippen LogP contribution < -0.4 is 5.32 Å². The standard InChI is InChI=1S/C21H16N6O/c1-12-8-15(9-18-19(12)26-27-25-18)21(28)24-16-3-2-14-11-23-20(17(14)10-16)13-4-6-22-7-5-13/h2-10H,11H2,1H3,(H,24,28)(H,25,26,27). The van der Waals surface area contributed by atoms with Crippen LogP contribution in [0.3, 0.4) is 0 Å². The van der Waals surface area contributed by atoms with Crippen LogP contribution in [0.15, 0.2) is 59.9 Å². The lowest BCUT2D eigenvalue weighted by Gasteiger charge is -2.09. The zero-order chi connectivity index (χ0) is 19.1. The van der Waals surface area contributed by atoms with Crippen LogP contribution in [-0.2, 0) is 6.54 Å². The first-order chi connectivity index (χ1) is 13.7. The molecular formula is C21H16N6O. The van der Waals surface area contributed by atoms with Gasteiger partial charge in [-0.3, -0.25) is 14.8 Å². The minimum Gasteiger partial charge on any atom is -0.322 e. The summed E-state index contributed by atoms with van der Waals surface area (Å²) in [5.41, 5.74) is 7.73. The summed E-state index contributed by atoms with van der Waals surface area (Å²) < 4.78 is 0. The van der Waals surface area contributed by atoms with Crippen LogP contribution in [0.2, 0.25) is 0 Å². The van der Waals surface area contributed by atoms with E-state index in [0.29, 0.717) is 17.6 Å². The molecule has 0 radical (unpaired) electrons. The summed E-state index contributed by atoms with van der Waals surface area (Å²) in [5, 5.41) is 13.8. The van der Waals surface area contributed by atoms with E-state index < -0.39 is 0 Å². The Kier molecular flexibility index (Phi) is 3.72. The third-order valence-corrected chi connectivity index (χ3v) is 4.86. The predicted molar refractivity (Wildman–Crippen MR) is 107 cm³/mol. The van der Waals surface area contributed by atoms with Crippen molar-refractivity contribution < 1.29 is 4.79 Å². The Morgan fingerprint density at radius 3 is 2.79 bits per heavy atom. The average molecular weight is 368 g/mol. The van der Waals surface area contributed by atoms with Crippen molar-refractivity contribution in [3.8, 4) is 0 Å². The van der Waals surface area contributed by atoms with Crippen molar-refractivity contribution in [2.24, 2.45) is 4.99 Å². The predicted octanol–water partition coefficient (Wildman–Crippen LogP) is 3.26. The number of nitrogens with zero attached hydrogens (tertiary/aromatic N) is 4. The number of rotatable bonds is 3. The van der Waals surface area contributed by atoms with Crippen molar-refractivity contribution >= 4 is 28.3 Å². The van der Waals surface area contributed by atoms with Gasteiger partial charge in [0.25, 0.3) is 5.91 Å². The second-order valence-corrected chi connectivity index (χ2v) is 6.71. The number of nitrogens with one attached hydrogen (secondary N) is 2. The highest BCUT2D eigenvalue weighted by Crippen LogP contribution is 2.26. The molecule has 0 atom stereocenters. The van der Waals surface area contributed by atoms with Crippen LogP contribution in [0, 0.1) is 6.92 Å². The molecule has 4 aromatic rings. The van der Waals surface area contributed by atoms with Crippen LogP contribution in [0.1, 0.15) is 32.6 Å². The normalized spacial score (nSPS) is 12.7. The van der Waals surface area contributed by atoms with Gasteiger partial charge in [-0.2, -0.15) is 15.4 Å². The van der Waals surface area contributed by atoms with Crippen molar-refractivity contribution in [1.29, 1.82) is 0 Å². The van der Waals surface area contributed by atoms with Gasteiger partial charge in [-0.1, -0.05) is 6.07 Å². The van der Waals surface area contributed by atoms with Gasteiger partial charge in [-0.15, -0.1) is 0 Å². The Labute approximate surface area is 160 Å². The first kappa shape index (κ1) is 16.3. The number of benzene rings is 2. The molecule has 0 saturated heterocycles. The maximum Gasteiger partial charge on any atom is 0.255 e. The third kappa shape index (κ3) is 2.73. The third-order valence-electron chi connectivity index (χ3n) is 4.86. The van der Waals surface area contributed by atoms with Crippen LogP contribution in [0.5, 0.6) is 0 Å². The molecule has 0 spiro atoms. The Morgan fingerprint density at radius 1 is 1.07 bits per heavy atom. The van der Waals surface area contributed by atoms with Crippen LogP contribution in [0.25, 0.3) is 11.0 Å². The first-order valence-corrected chi connectivity index (χ1v) is 8.90. The molecule has 0 bridgehead atoms. The highest BCUT2D eigenvalue weighted by atomic mass is 16.1. The summed E-state index contributed by atoms with van der Waals surface area (Å²) >= 11 is 0. The summed E-state index contributed by atoms with van der Waals surface area (Å²) in [4.78, 5) is 21.5. The topological polar surface area (TPSA) is 95.9 Å². The molecule has 28 heavy (non-hydrogen) atoms. The van der Waals surface area contributed by atoms with Crippen molar-refractivity contribution in [3.63, 3.8) is 0 Å². The molecule has 3 heterocycles. The second-order valence-electron chi connectivity index (χ2n) is 6.71. The smallest absolute Gasteiger partial charge is 0.255 e. The fourth-order valence-corrected chi connectivity index (χ4v) is 3.47. The van der Waals surface area contributed by atoms with Crippen molar-refractivity contribution in [1.82, 2.24) is 20.4 Å². The summed E-state index contributed by atoms with van der Waals surface area (Å²) in [7, 11) is 0. The van der Waals surface area contributed by atoms with E-state index in [-0.39, 0.29) is 5.91 Å². The van der Waals surface area contributed by atoms with Gasteiger partial charge in [0.15, 0.2) is 0 Å². The molecule has 0 saturated carbocycles.